The second-order valence-corrected chi connectivity index (χ2v) is 7.77. The molecule has 0 heterocycles. The third-order valence-corrected chi connectivity index (χ3v) is 5.59. The van der Waals surface area contributed by atoms with Gasteiger partial charge in [0.2, 0.25) is 5.91 Å². The van der Waals surface area contributed by atoms with Crippen LogP contribution in [0.4, 0.5) is 5.69 Å². The Hall–Kier alpha value is -2.13. The summed E-state index contributed by atoms with van der Waals surface area (Å²) in [7, 11) is 0. The molecule has 2 aromatic carbocycles. The van der Waals surface area contributed by atoms with Crippen molar-refractivity contribution >= 4 is 11.6 Å². The van der Waals surface area contributed by atoms with Crippen molar-refractivity contribution in [3.63, 3.8) is 0 Å². The number of nitrogens with one attached hydrogen (secondary N) is 1. The summed E-state index contributed by atoms with van der Waals surface area (Å²) < 4.78 is 0. The van der Waals surface area contributed by atoms with Gasteiger partial charge in [0.25, 0.3) is 0 Å². The predicted octanol–water partition coefficient (Wildman–Crippen LogP) is 4.41. The normalized spacial score (nSPS) is 18.8. The highest BCUT2D eigenvalue weighted by Gasteiger charge is 2.30. The molecule has 3 nitrogen and oxygen atoms in total. The van der Waals surface area contributed by atoms with E-state index in [9.17, 15) is 4.79 Å². The number of carbonyl (C=O) groups excluding carboxylic acids is 1. The molecule has 1 fully saturated rings. The molecule has 1 unspecified atom stereocenters. The Morgan fingerprint density at radius 3 is 2.58 bits per heavy atom. The first-order valence-corrected chi connectivity index (χ1v) is 9.93. The van der Waals surface area contributed by atoms with E-state index in [0.717, 1.165) is 44.5 Å². The van der Waals surface area contributed by atoms with E-state index < -0.39 is 0 Å². The molecule has 2 aromatic rings. The molecule has 1 atom stereocenters. The van der Waals surface area contributed by atoms with Crippen molar-refractivity contribution in [1.29, 1.82) is 0 Å². The molecule has 4 rings (SSSR count). The van der Waals surface area contributed by atoms with Crippen molar-refractivity contribution in [3.8, 4) is 0 Å². The molecule has 136 valence electrons. The zero-order chi connectivity index (χ0) is 17.9. The lowest BCUT2D eigenvalue weighted by atomic mass is 10.1. The molecule has 26 heavy (non-hydrogen) atoms. The standard InChI is InChI=1S/C23H28N2O/c1-2-12-25(16-17-6-4-3-5-7-17)22-14-19-10-11-21(13-20(19)15-22)24-23(26)18-8-9-18/h3-7,10-11,13,18,22H,2,8-9,12,14-16H2,1H3,(H,24,26). The largest absolute Gasteiger partial charge is 0.326 e. The molecular weight excluding hydrogens is 320 g/mol. The van der Waals surface area contributed by atoms with Crippen LogP contribution < -0.4 is 5.32 Å². The third-order valence-electron chi connectivity index (χ3n) is 5.59. The summed E-state index contributed by atoms with van der Waals surface area (Å²) in [5.41, 5.74) is 5.19. The van der Waals surface area contributed by atoms with Gasteiger partial charge in [-0.15, -0.1) is 0 Å². The van der Waals surface area contributed by atoms with E-state index in [1.807, 2.05) is 0 Å². The van der Waals surface area contributed by atoms with Crippen molar-refractivity contribution < 1.29 is 4.79 Å². The Kier molecular flexibility index (Phi) is 5.07. The molecule has 2 aliphatic rings. The summed E-state index contributed by atoms with van der Waals surface area (Å²) in [6.45, 7) is 4.39. The second kappa shape index (κ2) is 7.63. The zero-order valence-corrected chi connectivity index (χ0v) is 15.6. The molecule has 1 saturated carbocycles. The van der Waals surface area contributed by atoms with Gasteiger partial charge in [0.1, 0.15) is 0 Å². The SMILES string of the molecule is CCCN(Cc1ccccc1)C1Cc2ccc(NC(=O)C3CC3)cc2C1. The van der Waals surface area contributed by atoms with Crippen LogP contribution in [0.3, 0.4) is 0 Å². The number of carbonyl (C=O) groups is 1. The number of nitrogens with zero attached hydrogens (tertiary/aromatic N) is 1. The van der Waals surface area contributed by atoms with Gasteiger partial charge in [0.15, 0.2) is 0 Å². The van der Waals surface area contributed by atoms with E-state index in [4.69, 9.17) is 0 Å². The molecule has 3 heteroatoms. The fraction of sp³-hybridized carbons (Fsp3) is 0.435. The highest BCUT2D eigenvalue weighted by atomic mass is 16.2. The lowest BCUT2D eigenvalue weighted by Crippen LogP contribution is -2.36. The van der Waals surface area contributed by atoms with Gasteiger partial charge in [-0.1, -0.05) is 43.3 Å². The number of hydrogen-bond acceptors (Lipinski definition) is 2. The molecule has 0 radical (unpaired) electrons. The minimum Gasteiger partial charge on any atom is -0.326 e. The number of rotatable bonds is 7. The smallest absolute Gasteiger partial charge is 0.227 e. The monoisotopic (exact) mass is 348 g/mol. The highest BCUT2D eigenvalue weighted by Crippen LogP contribution is 2.32. The van der Waals surface area contributed by atoms with Gasteiger partial charge < -0.3 is 5.32 Å². The lowest BCUT2D eigenvalue weighted by molar-refractivity contribution is -0.117. The molecule has 0 bridgehead atoms. The van der Waals surface area contributed by atoms with E-state index in [0.29, 0.717) is 6.04 Å². The van der Waals surface area contributed by atoms with Gasteiger partial charge in [-0.25, -0.2) is 0 Å². The second-order valence-electron chi connectivity index (χ2n) is 7.77. The number of anilines is 1. The number of hydrogen-bond donors (Lipinski definition) is 1. The van der Waals surface area contributed by atoms with E-state index >= 15 is 0 Å². The maximum atomic E-state index is 12.0. The fourth-order valence-electron chi connectivity index (χ4n) is 4.02. The maximum Gasteiger partial charge on any atom is 0.227 e. The van der Waals surface area contributed by atoms with E-state index in [1.54, 1.807) is 0 Å². The van der Waals surface area contributed by atoms with Crippen molar-refractivity contribution in [1.82, 2.24) is 4.90 Å². The topological polar surface area (TPSA) is 32.3 Å². The Balaban J connectivity index is 1.44. The Labute approximate surface area is 156 Å². The molecule has 0 aromatic heterocycles. The number of fused-ring (bicyclic) bond motifs is 1. The summed E-state index contributed by atoms with van der Waals surface area (Å²) in [6, 6.07) is 17.8. The highest BCUT2D eigenvalue weighted by molar-refractivity contribution is 5.94. The average molecular weight is 348 g/mol. The summed E-state index contributed by atoms with van der Waals surface area (Å²) in [5.74, 6) is 0.443. The molecule has 0 spiro atoms. The van der Waals surface area contributed by atoms with Crippen LogP contribution in [0.2, 0.25) is 0 Å². The van der Waals surface area contributed by atoms with Crippen molar-refractivity contribution in [2.45, 2.75) is 51.6 Å². The summed E-state index contributed by atoms with van der Waals surface area (Å²) in [6.07, 6.45) is 5.45. The van der Waals surface area contributed by atoms with Gasteiger partial charge >= 0.3 is 0 Å². The van der Waals surface area contributed by atoms with Crippen LogP contribution in [-0.2, 0) is 24.2 Å². The molecule has 1 amide bonds. The van der Waals surface area contributed by atoms with Crippen LogP contribution in [0.15, 0.2) is 48.5 Å². The lowest BCUT2D eigenvalue weighted by Gasteiger charge is -2.28. The van der Waals surface area contributed by atoms with Gasteiger partial charge in [0.05, 0.1) is 0 Å². The van der Waals surface area contributed by atoms with Crippen LogP contribution in [0.1, 0.15) is 42.9 Å². The summed E-state index contributed by atoms with van der Waals surface area (Å²) >= 11 is 0. The Bertz CT molecular complexity index is 767. The van der Waals surface area contributed by atoms with E-state index in [-0.39, 0.29) is 11.8 Å². The minimum absolute atomic E-state index is 0.191. The minimum atomic E-state index is 0.191. The van der Waals surface area contributed by atoms with Crippen LogP contribution in [-0.4, -0.2) is 23.4 Å². The summed E-state index contributed by atoms with van der Waals surface area (Å²) in [4.78, 5) is 14.6. The van der Waals surface area contributed by atoms with Crippen molar-refractivity contribution in [2.24, 2.45) is 5.92 Å². The van der Waals surface area contributed by atoms with Gasteiger partial charge in [-0.2, -0.15) is 0 Å². The molecule has 1 N–H and O–H groups in total. The van der Waals surface area contributed by atoms with E-state index in [2.05, 4.69) is 65.7 Å². The van der Waals surface area contributed by atoms with Crippen LogP contribution in [0, 0.1) is 5.92 Å². The number of amides is 1. The Morgan fingerprint density at radius 2 is 1.85 bits per heavy atom. The van der Waals surface area contributed by atoms with Gasteiger partial charge in [-0.3, -0.25) is 9.69 Å². The average Bonchev–Trinajstić information content (AvgIpc) is 3.42. The fourth-order valence-corrected chi connectivity index (χ4v) is 4.02. The Morgan fingerprint density at radius 1 is 1.08 bits per heavy atom. The molecule has 0 aliphatic heterocycles. The first-order chi connectivity index (χ1) is 12.7. The van der Waals surface area contributed by atoms with Crippen molar-refractivity contribution in [2.75, 3.05) is 11.9 Å². The number of benzene rings is 2. The molecular formula is C23H28N2O. The summed E-state index contributed by atoms with van der Waals surface area (Å²) in [5, 5.41) is 3.09. The van der Waals surface area contributed by atoms with Crippen molar-refractivity contribution in [3.05, 3.63) is 65.2 Å². The maximum absolute atomic E-state index is 12.0. The van der Waals surface area contributed by atoms with Crippen LogP contribution in [0.25, 0.3) is 0 Å². The first kappa shape index (κ1) is 17.3. The van der Waals surface area contributed by atoms with Crippen LogP contribution >= 0.6 is 0 Å². The first-order valence-electron chi connectivity index (χ1n) is 9.93. The van der Waals surface area contributed by atoms with Crippen LogP contribution in [0.5, 0.6) is 0 Å². The molecule has 0 saturated heterocycles. The zero-order valence-electron chi connectivity index (χ0n) is 15.6. The molecule has 2 aliphatic carbocycles. The predicted molar refractivity (Wildman–Crippen MR) is 106 cm³/mol. The third kappa shape index (κ3) is 3.99. The quantitative estimate of drug-likeness (QED) is 0.803. The van der Waals surface area contributed by atoms with Gasteiger partial charge in [0, 0.05) is 24.2 Å². The van der Waals surface area contributed by atoms with E-state index in [1.165, 1.54) is 23.1 Å². The van der Waals surface area contributed by atoms with Gasteiger partial charge in [-0.05, 0) is 67.5 Å².